The highest BCUT2D eigenvalue weighted by Gasteiger charge is 2.34. The van der Waals surface area contributed by atoms with Crippen molar-refractivity contribution in [2.24, 2.45) is 17.1 Å². The Morgan fingerprint density at radius 3 is 2.52 bits per heavy atom. The summed E-state index contributed by atoms with van der Waals surface area (Å²) in [5.74, 6) is 0.189. The molecule has 1 aliphatic carbocycles. The van der Waals surface area contributed by atoms with E-state index in [4.69, 9.17) is 5.73 Å². The number of rotatable bonds is 4. The highest BCUT2D eigenvalue weighted by molar-refractivity contribution is 5.86. The lowest BCUT2D eigenvalue weighted by Crippen LogP contribution is -2.42. The van der Waals surface area contributed by atoms with Gasteiger partial charge in [-0.25, -0.2) is 0 Å². The molecule has 0 radical (unpaired) electrons. The van der Waals surface area contributed by atoms with E-state index in [0.29, 0.717) is 13.1 Å². The largest absolute Gasteiger partial charge is 0.347 e. The molecule has 1 aliphatic heterocycles. The molecule has 1 heterocycles. The quantitative estimate of drug-likeness (QED) is 0.820. The first-order valence-electron chi connectivity index (χ1n) is 7.80. The monoisotopic (exact) mass is 317 g/mol. The Hall–Kier alpha value is -0.810. The predicted molar refractivity (Wildman–Crippen MR) is 85.2 cm³/mol. The highest BCUT2D eigenvalue weighted by Crippen LogP contribution is 2.28. The van der Waals surface area contributed by atoms with Crippen LogP contribution >= 0.6 is 12.4 Å². The van der Waals surface area contributed by atoms with Gasteiger partial charge in [-0.2, -0.15) is 0 Å². The second-order valence-electron chi connectivity index (χ2n) is 6.63. The molecule has 6 heteroatoms. The van der Waals surface area contributed by atoms with Gasteiger partial charge in [-0.05, 0) is 31.2 Å². The summed E-state index contributed by atoms with van der Waals surface area (Å²) in [7, 11) is 0. The molecule has 0 bridgehead atoms. The number of hydrogen-bond acceptors (Lipinski definition) is 3. The van der Waals surface area contributed by atoms with Crippen LogP contribution in [0.25, 0.3) is 0 Å². The van der Waals surface area contributed by atoms with Crippen molar-refractivity contribution in [3.63, 3.8) is 0 Å². The number of hydrogen-bond donors (Lipinski definition) is 2. The normalized spacial score (nSPS) is 26.3. The Labute approximate surface area is 133 Å². The number of nitrogens with two attached hydrogens (primary N) is 1. The van der Waals surface area contributed by atoms with Gasteiger partial charge < -0.3 is 16.0 Å². The minimum Gasteiger partial charge on any atom is -0.347 e. The van der Waals surface area contributed by atoms with Crippen LogP contribution in [-0.2, 0) is 9.59 Å². The number of carbonyl (C=O) groups is 2. The molecule has 1 saturated heterocycles. The van der Waals surface area contributed by atoms with Crippen LogP contribution in [0.3, 0.4) is 0 Å². The van der Waals surface area contributed by atoms with Gasteiger partial charge in [0.1, 0.15) is 0 Å². The van der Waals surface area contributed by atoms with E-state index < -0.39 is 0 Å². The average molecular weight is 318 g/mol. The Morgan fingerprint density at radius 2 is 1.95 bits per heavy atom. The zero-order valence-corrected chi connectivity index (χ0v) is 13.7. The highest BCUT2D eigenvalue weighted by atomic mass is 35.5. The van der Waals surface area contributed by atoms with E-state index in [1.807, 2.05) is 4.90 Å². The zero-order chi connectivity index (χ0) is 14.6. The predicted octanol–water partition coefficient (Wildman–Crippen LogP) is 1.30. The fourth-order valence-corrected chi connectivity index (χ4v) is 3.19. The molecule has 2 rings (SSSR count). The molecule has 122 valence electrons. The van der Waals surface area contributed by atoms with Crippen LogP contribution in [0.1, 0.15) is 45.4 Å². The van der Waals surface area contributed by atoms with Crippen LogP contribution < -0.4 is 11.1 Å². The van der Waals surface area contributed by atoms with E-state index >= 15 is 0 Å². The van der Waals surface area contributed by atoms with Gasteiger partial charge in [-0.3, -0.25) is 9.59 Å². The maximum atomic E-state index is 12.1. The Bertz CT molecular complexity index is 372. The van der Waals surface area contributed by atoms with E-state index in [2.05, 4.69) is 12.2 Å². The summed E-state index contributed by atoms with van der Waals surface area (Å²) in [6.07, 6.45) is 6.38. The second-order valence-corrected chi connectivity index (χ2v) is 6.63. The van der Waals surface area contributed by atoms with Crippen molar-refractivity contribution in [2.45, 2.75) is 45.4 Å². The lowest BCUT2D eigenvalue weighted by molar-refractivity contribution is -0.133. The molecule has 0 aromatic heterocycles. The molecular weight excluding hydrogens is 290 g/mol. The van der Waals surface area contributed by atoms with Crippen molar-refractivity contribution in [3.8, 4) is 0 Å². The summed E-state index contributed by atoms with van der Waals surface area (Å²) in [5.41, 5.74) is 5.79. The van der Waals surface area contributed by atoms with E-state index in [9.17, 15) is 9.59 Å². The van der Waals surface area contributed by atoms with Gasteiger partial charge in [0.25, 0.3) is 0 Å². The minimum atomic E-state index is 0. The average Bonchev–Trinajstić information content (AvgIpc) is 2.89. The molecule has 21 heavy (non-hydrogen) atoms. The Kier molecular flexibility index (Phi) is 6.94. The lowest BCUT2D eigenvalue weighted by Gasteiger charge is -2.24. The maximum Gasteiger partial charge on any atom is 0.241 e. The summed E-state index contributed by atoms with van der Waals surface area (Å²) in [5, 5.41) is 2.81. The topological polar surface area (TPSA) is 75.4 Å². The van der Waals surface area contributed by atoms with Gasteiger partial charge in [-0.15, -0.1) is 12.4 Å². The van der Waals surface area contributed by atoms with Crippen LogP contribution in [0.15, 0.2) is 0 Å². The molecular formula is C15H28ClN3O2. The molecule has 0 aromatic carbocycles. The standard InChI is InChI=1S/C15H27N3O2.ClH/c1-15(10-16)7-8-18(11-15)13(19)9-17-14(20)12-5-3-2-4-6-12;/h12H,2-11,16H2,1H3,(H,17,20);1H. The van der Waals surface area contributed by atoms with Crippen molar-refractivity contribution in [2.75, 3.05) is 26.2 Å². The van der Waals surface area contributed by atoms with Crippen molar-refractivity contribution in [3.05, 3.63) is 0 Å². The van der Waals surface area contributed by atoms with Crippen LogP contribution in [0, 0.1) is 11.3 Å². The first kappa shape index (κ1) is 18.2. The summed E-state index contributed by atoms with van der Waals surface area (Å²) in [4.78, 5) is 25.9. The van der Waals surface area contributed by atoms with E-state index in [1.165, 1.54) is 6.42 Å². The van der Waals surface area contributed by atoms with E-state index in [0.717, 1.165) is 38.6 Å². The molecule has 1 atom stereocenters. The van der Waals surface area contributed by atoms with Crippen molar-refractivity contribution < 1.29 is 9.59 Å². The first-order chi connectivity index (χ1) is 9.54. The van der Waals surface area contributed by atoms with Crippen LogP contribution in [-0.4, -0.2) is 42.9 Å². The maximum absolute atomic E-state index is 12.1. The second kappa shape index (κ2) is 7.99. The molecule has 0 spiro atoms. The van der Waals surface area contributed by atoms with Crippen molar-refractivity contribution in [1.82, 2.24) is 10.2 Å². The molecule has 2 amide bonds. The van der Waals surface area contributed by atoms with Crippen molar-refractivity contribution in [1.29, 1.82) is 0 Å². The van der Waals surface area contributed by atoms with Crippen molar-refractivity contribution >= 4 is 24.2 Å². The summed E-state index contributed by atoms with van der Waals surface area (Å²) in [6.45, 7) is 4.32. The van der Waals surface area contributed by atoms with Crippen LogP contribution in [0.2, 0.25) is 0 Å². The van der Waals surface area contributed by atoms with Gasteiger partial charge in [0.2, 0.25) is 11.8 Å². The van der Waals surface area contributed by atoms with Gasteiger partial charge in [0.15, 0.2) is 0 Å². The number of halogens is 1. The third kappa shape index (κ3) is 4.85. The Morgan fingerprint density at radius 1 is 1.29 bits per heavy atom. The SMILES string of the molecule is CC1(CN)CCN(C(=O)CNC(=O)C2CCCCC2)C1.Cl. The molecule has 1 saturated carbocycles. The van der Waals surface area contributed by atoms with E-state index in [-0.39, 0.29) is 42.1 Å². The summed E-state index contributed by atoms with van der Waals surface area (Å²) < 4.78 is 0. The minimum absolute atomic E-state index is 0. The zero-order valence-electron chi connectivity index (χ0n) is 12.9. The molecule has 5 nitrogen and oxygen atoms in total. The van der Waals surface area contributed by atoms with E-state index in [1.54, 1.807) is 0 Å². The fraction of sp³-hybridized carbons (Fsp3) is 0.867. The lowest BCUT2D eigenvalue weighted by atomic mass is 9.89. The molecule has 1 unspecified atom stereocenters. The smallest absolute Gasteiger partial charge is 0.241 e. The number of carbonyl (C=O) groups excluding carboxylic acids is 2. The summed E-state index contributed by atoms with van der Waals surface area (Å²) in [6, 6.07) is 0. The summed E-state index contributed by atoms with van der Waals surface area (Å²) >= 11 is 0. The molecule has 2 aliphatic rings. The number of likely N-dealkylation sites (tertiary alicyclic amines) is 1. The number of nitrogens with one attached hydrogen (secondary N) is 1. The number of amides is 2. The van der Waals surface area contributed by atoms with Crippen LogP contribution in [0.4, 0.5) is 0 Å². The number of nitrogens with zero attached hydrogens (tertiary/aromatic N) is 1. The van der Waals surface area contributed by atoms with Gasteiger partial charge in [0, 0.05) is 19.0 Å². The molecule has 3 N–H and O–H groups in total. The molecule has 2 fully saturated rings. The first-order valence-corrected chi connectivity index (χ1v) is 7.80. The Balaban J connectivity index is 0.00000220. The third-order valence-electron chi connectivity index (χ3n) is 4.79. The third-order valence-corrected chi connectivity index (χ3v) is 4.79. The molecule has 0 aromatic rings. The fourth-order valence-electron chi connectivity index (χ4n) is 3.19. The van der Waals surface area contributed by atoms with Gasteiger partial charge in [0.05, 0.1) is 6.54 Å². The van der Waals surface area contributed by atoms with Gasteiger partial charge >= 0.3 is 0 Å². The van der Waals surface area contributed by atoms with Crippen LogP contribution in [0.5, 0.6) is 0 Å². The van der Waals surface area contributed by atoms with Gasteiger partial charge in [-0.1, -0.05) is 26.2 Å².